The maximum absolute atomic E-state index is 12.4. The largest absolute Gasteiger partial charge is 0.481 e. The summed E-state index contributed by atoms with van der Waals surface area (Å²) in [6, 6.07) is 4.95. The van der Waals surface area contributed by atoms with Gasteiger partial charge in [0.25, 0.3) is 0 Å². The number of anilines is 1. The Morgan fingerprint density at radius 3 is 2.24 bits per heavy atom. The van der Waals surface area contributed by atoms with Crippen LogP contribution in [0, 0.1) is 0 Å². The molecular formula is C29H45N7O10. The van der Waals surface area contributed by atoms with E-state index in [0.29, 0.717) is 83.6 Å². The zero-order chi connectivity index (χ0) is 33.4. The molecule has 0 saturated heterocycles. The minimum absolute atomic E-state index is 0.0973. The molecule has 17 heteroatoms. The van der Waals surface area contributed by atoms with Crippen molar-refractivity contribution in [2.24, 2.45) is 0 Å². The SMILES string of the molecule is COCCOCCOCCOCCn1cc(-c2cccc(NC(=O)NCCCC[C@H](NC(=O)NCCCC(=O)O)C(=O)O)c2)nn1. The summed E-state index contributed by atoms with van der Waals surface area (Å²) >= 11 is 0. The standard InChI is InChI=1S/C29H45N7O10/c1-43-14-15-45-18-19-46-17-16-44-13-12-36-21-25(34-35-36)22-6-4-7-23(20-22)32-28(41)30-10-3-2-8-24(27(39)40)33-29(42)31-11-5-9-26(37)38/h4,6-7,20-21,24H,2-3,5,8-19H2,1H3,(H,37,38)(H,39,40)(H2,30,32,41)(H2,31,33,42)/t24-/m0/s1. The quantitative estimate of drug-likeness (QED) is 0.0841. The first-order chi connectivity index (χ1) is 22.3. The summed E-state index contributed by atoms with van der Waals surface area (Å²) in [7, 11) is 1.62. The molecule has 0 saturated carbocycles. The average molecular weight is 652 g/mol. The van der Waals surface area contributed by atoms with Crippen LogP contribution in [0.2, 0.25) is 0 Å². The van der Waals surface area contributed by atoms with Crippen LogP contribution in [0.5, 0.6) is 0 Å². The molecule has 0 spiro atoms. The maximum Gasteiger partial charge on any atom is 0.326 e. The Balaban J connectivity index is 1.63. The Bertz CT molecular complexity index is 1200. The molecule has 0 fully saturated rings. The van der Waals surface area contributed by atoms with Crippen molar-refractivity contribution in [3.8, 4) is 11.3 Å². The number of carboxylic acids is 2. The fourth-order valence-electron chi connectivity index (χ4n) is 3.90. The normalized spacial score (nSPS) is 11.5. The van der Waals surface area contributed by atoms with E-state index in [1.54, 1.807) is 36.2 Å². The van der Waals surface area contributed by atoms with E-state index < -0.39 is 30.0 Å². The highest BCUT2D eigenvalue weighted by Crippen LogP contribution is 2.20. The van der Waals surface area contributed by atoms with Gasteiger partial charge >= 0.3 is 24.0 Å². The van der Waals surface area contributed by atoms with E-state index >= 15 is 0 Å². The fourth-order valence-corrected chi connectivity index (χ4v) is 3.90. The monoisotopic (exact) mass is 651 g/mol. The van der Waals surface area contributed by atoms with Gasteiger partial charge in [-0.25, -0.2) is 19.1 Å². The summed E-state index contributed by atoms with van der Waals surface area (Å²) in [5.41, 5.74) is 1.96. The number of aliphatic carboxylic acids is 2. The van der Waals surface area contributed by atoms with Gasteiger partial charge in [0.2, 0.25) is 0 Å². The first-order valence-corrected chi connectivity index (χ1v) is 15.0. The van der Waals surface area contributed by atoms with Crippen molar-refractivity contribution in [3.05, 3.63) is 30.5 Å². The smallest absolute Gasteiger partial charge is 0.326 e. The van der Waals surface area contributed by atoms with E-state index in [-0.39, 0.29) is 25.8 Å². The second-order valence-corrected chi connectivity index (χ2v) is 9.94. The summed E-state index contributed by atoms with van der Waals surface area (Å²) in [6.07, 6.45) is 3.02. The number of carboxylic acid groups (broad SMARTS) is 2. The molecule has 0 bridgehead atoms. The number of hydrogen-bond donors (Lipinski definition) is 6. The summed E-state index contributed by atoms with van der Waals surface area (Å²) in [4.78, 5) is 46.2. The second-order valence-electron chi connectivity index (χ2n) is 9.94. The van der Waals surface area contributed by atoms with Gasteiger partial charge in [-0.2, -0.15) is 0 Å². The molecule has 1 aromatic heterocycles. The Kier molecular flexibility index (Phi) is 19.0. The third kappa shape index (κ3) is 17.2. The Morgan fingerprint density at radius 2 is 1.54 bits per heavy atom. The number of methoxy groups -OCH3 is 1. The number of rotatable bonds is 25. The lowest BCUT2D eigenvalue weighted by Crippen LogP contribution is -2.46. The molecule has 1 atom stereocenters. The third-order valence-corrected chi connectivity index (χ3v) is 6.26. The average Bonchev–Trinajstić information content (AvgIpc) is 3.50. The Hall–Kier alpha value is -4.32. The molecule has 2 rings (SSSR count). The molecule has 0 unspecified atom stereocenters. The number of aromatic nitrogens is 3. The molecule has 1 aromatic carbocycles. The van der Waals surface area contributed by atoms with Crippen molar-refractivity contribution in [2.75, 3.05) is 71.8 Å². The fraction of sp³-hybridized carbons (Fsp3) is 0.586. The number of nitrogens with zero attached hydrogens (tertiary/aromatic N) is 3. The third-order valence-electron chi connectivity index (χ3n) is 6.26. The second kappa shape index (κ2) is 23.1. The number of nitrogens with one attached hydrogen (secondary N) is 4. The number of unbranched alkanes of at least 4 members (excludes halogenated alkanes) is 1. The number of benzene rings is 1. The van der Waals surface area contributed by atoms with Crippen molar-refractivity contribution >= 4 is 29.7 Å². The van der Waals surface area contributed by atoms with E-state index in [9.17, 15) is 24.3 Å². The number of urea groups is 2. The van der Waals surface area contributed by atoms with Crippen molar-refractivity contribution < 1.29 is 48.3 Å². The first-order valence-electron chi connectivity index (χ1n) is 15.0. The zero-order valence-corrected chi connectivity index (χ0v) is 26.1. The number of ether oxygens (including phenoxy) is 4. The molecule has 0 radical (unpaired) electrons. The molecule has 4 amide bonds. The van der Waals surface area contributed by atoms with Crippen LogP contribution in [0.25, 0.3) is 11.3 Å². The minimum atomic E-state index is -1.18. The van der Waals surface area contributed by atoms with Crippen LogP contribution in [0.4, 0.5) is 15.3 Å². The lowest BCUT2D eigenvalue weighted by atomic mass is 10.1. The van der Waals surface area contributed by atoms with Gasteiger partial charge in [0.05, 0.1) is 59.0 Å². The number of carbonyl (C=O) groups is 4. The summed E-state index contributed by atoms with van der Waals surface area (Å²) < 4.78 is 22.9. The van der Waals surface area contributed by atoms with Crippen LogP contribution in [-0.4, -0.2) is 122 Å². The predicted molar refractivity (Wildman–Crippen MR) is 165 cm³/mol. The Morgan fingerprint density at radius 1 is 0.870 bits per heavy atom. The van der Waals surface area contributed by atoms with Gasteiger partial charge in [-0.15, -0.1) is 5.10 Å². The molecule has 6 N–H and O–H groups in total. The maximum atomic E-state index is 12.4. The molecule has 256 valence electrons. The highest BCUT2D eigenvalue weighted by atomic mass is 16.6. The van der Waals surface area contributed by atoms with Crippen LogP contribution < -0.4 is 21.3 Å². The molecule has 0 aliphatic rings. The van der Waals surface area contributed by atoms with Gasteiger partial charge in [0.15, 0.2) is 0 Å². The van der Waals surface area contributed by atoms with Gasteiger partial charge in [-0.1, -0.05) is 17.3 Å². The molecule has 0 aliphatic heterocycles. The van der Waals surface area contributed by atoms with E-state index in [1.165, 1.54) is 0 Å². The van der Waals surface area contributed by atoms with Gasteiger partial charge in [0, 0.05) is 37.9 Å². The van der Waals surface area contributed by atoms with Gasteiger partial charge in [-0.3, -0.25) is 4.79 Å². The van der Waals surface area contributed by atoms with Gasteiger partial charge in [-0.05, 0) is 37.8 Å². The van der Waals surface area contributed by atoms with Crippen molar-refractivity contribution in [1.29, 1.82) is 0 Å². The highest BCUT2D eigenvalue weighted by molar-refractivity contribution is 5.90. The lowest BCUT2D eigenvalue weighted by molar-refractivity contribution is -0.139. The van der Waals surface area contributed by atoms with Crippen LogP contribution >= 0.6 is 0 Å². The summed E-state index contributed by atoms with van der Waals surface area (Å²) in [5, 5.41) is 36.6. The van der Waals surface area contributed by atoms with E-state index in [0.717, 1.165) is 5.56 Å². The molecule has 46 heavy (non-hydrogen) atoms. The van der Waals surface area contributed by atoms with Crippen LogP contribution in [0.1, 0.15) is 32.1 Å². The van der Waals surface area contributed by atoms with Crippen molar-refractivity contribution in [2.45, 2.75) is 44.7 Å². The highest BCUT2D eigenvalue weighted by Gasteiger charge is 2.19. The van der Waals surface area contributed by atoms with Crippen molar-refractivity contribution in [1.82, 2.24) is 30.9 Å². The molecular weight excluding hydrogens is 606 g/mol. The summed E-state index contributed by atoms with van der Waals surface area (Å²) in [5.74, 6) is -2.16. The van der Waals surface area contributed by atoms with E-state index in [2.05, 4.69) is 31.6 Å². The van der Waals surface area contributed by atoms with E-state index in [1.807, 2.05) is 6.07 Å². The first kappa shape index (κ1) is 37.9. The predicted octanol–water partition coefficient (Wildman–Crippen LogP) is 1.55. The van der Waals surface area contributed by atoms with Gasteiger partial charge < -0.3 is 50.4 Å². The number of hydrogen-bond acceptors (Lipinski definition) is 10. The van der Waals surface area contributed by atoms with Crippen molar-refractivity contribution in [3.63, 3.8) is 0 Å². The molecule has 2 aromatic rings. The van der Waals surface area contributed by atoms with Crippen LogP contribution in [0.15, 0.2) is 30.5 Å². The molecule has 0 aliphatic carbocycles. The Labute approximate surface area is 267 Å². The number of amides is 4. The zero-order valence-electron chi connectivity index (χ0n) is 26.1. The minimum Gasteiger partial charge on any atom is -0.481 e. The molecule has 1 heterocycles. The van der Waals surface area contributed by atoms with Gasteiger partial charge in [0.1, 0.15) is 11.7 Å². The van der Waals surface area contributed by atoms with Crippen LogP contribution in [0.3, 0.4) is 0 Å². The van der Waals surface area contributed by atoms with Crippen LogP contribution in [-0.2, 0) is 35.1 Å². The molecule has 17 nitrogen and oxygen atoms in total. The number of carbonyl (C=O) groups excluding carboxylic acids is 2. The lowest BCUT2D eigenvalue weighted by Gasteiger charge is -2.15. The van der Waals surface area contributed by atoms with E-state index in [4.69, 9.17) is 24.1 Å². The summed E-state index contributed by atoms with van der Waals surface area (Å²) in [6.45, 7) is 4.38. The topological polar surface area (TPSA) is 224 Å².